The minimum atomic E-state index is -3.37. The normalized spacial score (nSPS) is 12.7. The Morgan fingerprint density at radius 2 is 1.70 bits per heavy atom. The first-order valence-corrected chi connectivity index (χ1v) is 9.35. The summed E-state index contributed by atoms with van der Waals surface area (Å²) in [6, 6.07) is 16.0. The van der Waals surface area contributed by atoms with Crippen LogP contribution >= 0.6 is 0 Å². The number of nitrogens with one attached hydrogen (secondary N) is 1. The molecule has 1 atom stereocenters. The summed E-state index contributed by atoms with van der Waals surface area (Å²) in [5.41, 5.74) is 4.29. The van der Waals surface area contributed by atoms with Crippen LogP contribution in [0.1, 0.15) is 18.1 Å². The first-order valence-electron chi connectivity index (χ1n) is 7.40. The maximum absolute atomic E-state index is 11.9. The van der Waals surface area contributed by atoms with Gasteiger partial charge in [0.25, 0.3) is 0 Å². The Bertz CT molecular complexity index is 813. The van der Waals surface area contributed by atoms with Crippen molar-refractivity contribution in [3.05, 3.63) is 59.7 Å². The van der Waals surface area contributed by atoms with Crippen molar-refractivity contribution in [1.29, 1.82) is 0 Å². The van der Waals surface area contributed by atoms with Gasteiger partial charge in [0.2, 0.25) is 5.91 Å². The summed E-state index contributed by atoms with van der Waals surface area (Å²) in [6.07, 6.45) is 1.07. The molecule has 0 radical (unpaired) electrons. The van der Waals surface area contributed by atoms with Crippen LogP contribution in [-0.2, 0) is 21.2 Å². The molecular formula is C18H21NO3S. The van der Waals surface area contributed by atoms with Crippen LogP contribution in [0.3, 0.4) is 0 Å². The van der Waals surface area contributed by atoms with Crippen molar-refractivity contribution in [3.8, 4) is 11.1 Å². The van der Waals surface area contributed by atoms with Gasteiger partial charge in [-0.05, 0) is 36.6 Å². The molecule has 23 heavy (non-hydrogen) atoms. The highest BCUT2D eigenvalue weighted by Crippen LogP contribution is 2.21. The van der Waals surface area contributed by atoms with E-state index in [1.807, 2.05) is 49.4 Å². The first kappa shape index (κ1) is 17.2. The molecule has 0 saturated carbocycles. The van der Waals surface area contributed by atoms with E-state index in [4.69, 9.17) is 0 Å². The molecule has 0 heterocycles. The van der Waals surface area contributed by atoms with Gasteiger partial charge in [-0.3, -0.25) is 4.79 Å². The third-order valence-electron chi connectivity index (χ3n) is 3.76. The molecule has 2 aromatic carbocycles. The molecule has 2 rings (SSSR count). The van der Waals surface area contributed by atoms with Crippen LogP contribution in [0.25, 0.3) is 11.1 Å². The van der Waals surface area contributed by atoms with Crippen LogP contribution in [0.2, 0.25) is 0 Å². The van der Waals surface area contributed by atoms with E-state index in [-0.39, 0.29) is 0 Å². The molecule has 0 fully saturated rings. The van der Waals surface area contributed by atoms with Crippen LogP contribution in [0.5, 0.6) is 0 Å². The van der Waals surface area contributed by atoms with Gasteiger partial charge >= 0.3 is 0 Å². The van der Waals surface area contributed by atoms with Gasteiger partial charge in [-0.1, -0.05) is 48.0 Å². The molecule has 0 saturated heterocycles. The number of sulfone groups is 1. The zero-order chi connectivity index (χ0) is 17.0. The van der Waals surface area contributed by atoms with Gasteiger partial charge < -0.3 is 5.32 Å². The molecule has 0 bridgehead atoms. The second kappa shape index (κ2) is 6.96. The van der Waals surface area contributed by atoms with Gasteiger partial charge in [0.05, 0.1) is 0 Å². The number of benzene rings is 2. The molecule has 4 nitrogen and oxygen atoms in total. The first-order chi connectivity index (χ1) is 10.8. The maximum Gasteiger partial charge on any atom is 0.238 e. The summed E-state index contributed by atoms with van der Waals surface area (Å²) in [4.78, 5) is 11.9. The minimum absolute atomic E-state index is 0.304. The van der Waals surface area contributed by atoms with Crippen molar-refractivity contribution in [2.24, 2.45) is 0 Å². The molecule has 0 aromatic heterocycles. The van der Waals surface area contributed by atoms with Gasteiger partial charge in [-0.25, -0.2) is 8.42 Å². The average Bonchev–Trinajstić information content (AvgIpc) is 2.51. The van der Waals surface area contributed by atoms with E-state index < -0.39 is 21.0 Å². The monoisotopic (exact) mass is 331 g/mol. The lowest BCUT2D eigenvalue weighted by Gasteiger charge is -2.11. The highest BCUT2D eigenvalue weighted by molar-refractivity contribution is 7.92. The summed E-state index contributed by atoms with van der Waals surface area (Å²) >= 11 is 0. The summed E-state index contributed by atoms with van der Waals surface area (Å²) in [5.74, 6) is -0.478. The highest BCUT2D eigenvalue weighted by atomic mass is 32.2. The third-order valence-corrected chi connectivity index (χ3v) is 5.26. The smallest absolute Gasteiger partial charge is 0.238 e. The summed E-state index contributed by atoms with van der Waals surface area (Å²) in [5, 5.41) is 1.64. The van der Waals surface area contributed by atoms with E-state index >= 15 is 0 Å². The van der Waals surface area contributed by atoms with Gasteiger partial charge in [-0.2, -0.15) is 0 Å². The number of rotatable bonds is 5. The molecule has 2 aromatic rings. The number of hydrogen-bond donors (Lipinski definition) is 1. The predicted octanol–water partition coefficient (Wildman–Crippen LogP) is 2.71. The summed E-state index contributed by atoms with van der Waals surface area (Å²) in [6.45, 7) is 3.74. The van der Waals surface area contributed by atoms with Crippen LogP contribution in [0, 0.1) is 6.92 Å². The Kier molecular flexibility index (Phi) is 5.21. The third kappa shape index (κ3) is 4.66. The molecular weight excluding hydrogens is 310 g/mol. The lowest BCUT2D eigenvalue weighted by atomic mass is 10.0. The molecule has 0 aliphatic carbocycles. The lowest BCUT2D eigenvalue weighted by Crippen LogP contribution is -2.36. The van der Waals surface area contributed by atoms with Gasteiger partial charge in [0.15, 0.2) is 9.84 Å². The topological polar surface area (TPSA) is 63.2 Å². The zero-order valence-electron chi connectivity index (χ0n) is 13.5. The van der Waals surface area contributed by atoms with Gasteiger partial charge in [0.1, 0.15) is 5.25 Å². The van der Waals surface area contributed by atoms with Crippen molar-refractivity contribution in [3.63, 3.8) is 0 Å². The molecule has 0 spiro atoms. The zero-order valence-corrected chi connectivity index (χ0v) is 14.4. The lowest BCUT2D eigenvalue weighted by molar-refractivity contribution is -0.120. The quantitative estimate of drug-likeness (QED) is 0.916. The van der Waals surface area contributed by atoms with E-state index in [9.17, 15) is 13.2 Å². The van der Waals surface area contributed by atoms with Crippen LogP contribution in [-0.4, -0.2) is 25.8 Å². The van der Waals surface area contributed by atoms with Gasteiger partial charge in [0, 0.05) is 12.8 Å². The van der Waals surface area contributed by atoms with Gasteiger partial charge in [-0.15, -0.1) is 0 Å². The van der Waals surface area contributed by atoms with Crippen molar-refractivity contribution in [1.82, 2.24) is 5.32 Å². The molecule has 122 valence electrons. The predicted molar refractivity (Wildman–Crippen MR) is 92.8 cm³/mol. The molecule has 5 heteroatoms. The Morgan fingerprint density at radius 3 is 2.30 bits per heavy atom. The summed E-state index contributed by atoms with van der Waals surface area (Å²) in [7, 11) is -3.37. The van der Waals surface area contributed by atoms with E-state index in [0.29, 0.717) is 6.54 Å². The SMILES string of the molecule is Cc1cccc(-c2cccc(CNC(=O)[C@@H](C)S(C)(=O)=O)c2)c1. The van der Waals surface area contributed by atoms with Crippen LogP contribution in [0.15, 0.2) is 48.5 Å². The Hall–Kier alpha value is -2.14. The Morgan fingerprint density at radius 1 is 1.09 bits per heavy atom. The number of aryl methyl sites for hydroxylation is 1. The Labute approximate surface area is 137 Å². The maximum atomic E-state index is 11.9. The number of amides is 1. The number of carbonyl (C=O) groups excluding carboxylic acids is 1. The minimum Gasteiger partial charge on any atom is -0.351 e. The van der Waals surface area contributed by atoms with Crippen LogP contribution < -0.4 is 5.32 Å². The fraction of sp³-hybridized carbons (Fsp3) is 0.278. The molecule has 0 aliphatic heterocycles. The van der Waals surface area contributed by atoms with E-state index in [2.05, 4.69) is 11.4 Å². The van der Waals surface area contributed by atoms with Crippen molar-refractivity contribution in [2.75, 3.05) is 6.26 Å². The Balaban J connectivity index is 2.11. The second-order valence-corrected chi connectivity index (χ2v) is 8.13. The van der Waals surface area contributed by atoms with Crippen molar-refractivity contribution in [2.45, 2.75) is 25.6 Å². The molecule has 1 amide bonds. The second-order valence-electron chi connectivity index (χ2n) is 5.76. The number of hydrogen-bond acceptors (Lipinski definition) is 3. The van der Waals surface area contributed by atoms with Crippen LogP contribution in [0.4, 0.5) is 0 Å². The fourth-order valence-corrected chi connectivity index (χ4v) is 2.69. The van der Waals surface area contributed by atoms with Crippen molar-refractivity contribution < 1.29 is 13.2 Å². The van der Waals surface area contributed by atoms with Crippen molar-refractivity contribution >= 4 is 15.7 Å². The standard InChI is InChI=1S/C18H21NO3S/c1-13-6-4-8-16(10-13)17-9-5-7-15(11-17)12-19-18(20)14(2)23(3,21)22/h4-11,14H,12H2,1-3H3,(H,19,20)/t14-/m1/s1. The fourth-order valence-electron chi connectivity index (χ4n) is 2.21. The number of carbonyl (C=O) groups is 1. The van der Waals surface area contributed by atoms with E-state index in [1.165, 1.54) is 12.5 Å². The molecule has 0 aliphatic rings. The highest BCUT2D eigenvalue weighted by Gasteiger charge is 2.22. The molecule has 1 N–H and O–H groups in total. The van der Waals surface area contributed by atoms with E-state index in [0.717, 1.165) is 22.9 Å². The van der Waals surface area contributed by atoms with E-state index in [1.54, 1.807) is 0 Å². The largest absolute Gasteiger partial charge is 0.351 e. The molecule has 0 unspecified atom stereocenters. The average molecular weight is 331 g/mol. The summed E-state index contributed by atoms with van der Waals surface area (Å²) < 4.78 is 22.8.